The maximum absolute atomic E-state index is 12.3. The normalized spacial score (nSPS) is 19.8. The molecule has 1 saturated heterocycles. The maximum Gasteiger partial charge on any atom is 0.319 e. The molecule has 0 aromatic heterocycles. The van der Waals surface area contributed by atoms with Gasteiger partial charge in [0.2, 0.25) is 5.91 Å². The van der Waals surface area contributed by atoms with Gasteiger partial charge in [0.15, 0.2) is 0 Å². The van der Waals surface area contributed by atoms with E-state index in [0.29, 0.717) is 12.0 Å². The van der Waals surface area contributed by atoms with Gasteiger partial charge in [0, 0.05) is 17.6 Å². The van der Waals surface area contributed by atoms with Crippen LogP contribution < -0.4 is 21.3 Å². The Kier molecular flexibility index (Phi) is 5.04. The van der Waals surface area contributed by atoms with Crippen molar-refractivity contribution in [3.63, 3.8) is 0 Å². The van der Waals surface area contributed by atoms with E-state index >= 15 is 0 Å². The molecule has 2 atom stereocenters. The van der Waals surface area contributed by atoms with Crippen molar-refractivity contribution in [2.75, 3.05) is 18.4 Å². The summed E-state index contributed by atoms with van der Waals surface area (Å²) in [6.45, 7) is 5.81. The minimum Gasteiger partial charge on any atom is -0.349 e. The van der Waals surface area contributed by atoms with Crippen molar-refractivity contribution < 1.29 is 9.59 Å². The fourth-order valence-corrected chi connectivity index (χ4v) is 2.74. The van der Waals surface area contributed by atoms with Gasteiger partial charge in [-0.3, -0.25) is 4.79 Å². The molecule has 6 nitrogen and oxygen atoms in total. The van der Waals surface area contributed by atoms with Gasteiger partial charge in [-0.25, -0.2) is 4.79 Å². The second-order valence-electron chi connectivity index (χ2n) is 6.93. The van der Waals surface area contributed by atoms with E-state index in [0.717, 1.165) is 37.2 Å². The van der Waals surface area contributed by atoms with Crippen LogP contribution in [-0.2, 0) is 4.79 Å². The number of hydrogen-bond donors (Lipinski definition) is 4. The number of carbonyl (C=O) groups excluding carboxylic acids is 2. The molecule has 0 radical (unpaired) electrons. The monoisotopic (exact) mass is 330 g/mol. The van der Waals surface area contributed by atoms with Crippen molar-refractivity contribution in [3.8, 4) is 0 Å². The lowest BCUT2D eigenvalue weighted by atomic mass is 9.88. The molecule has 1 saturated carbocycles. The Bertz CT molecular complexity index is 594. The highest BCUT2D eigenvalue weighted by molar-refractivity contribution is 5.89. The minimum absolute atomic E-state index is 0.0285. The Labute approximate surface area is 142 Å². The number of anilines is 1. The number of nitrogens with one attached hydrogen (secondary N) is 4. The maximum atomic E-state index is 12.3. The molecule has 2 unspecified atom stereocenters. The molecule has 24 heavy (non-hydrogen) atoms. The molecule has 2 fully saturated rings. The Morgan fingerprint density at radius 1 is 1.12 bits per heavy atom. The van der Waals surface area contributed by atoms with E-state index < -0.39 is 0 Å². The molecule has 4 N–H and O–H groups in total. The lowest BCUT2D eigenvalue weighted by molar-refractivity contribution is -0.127. The van der Waals surface area contributed by atoms with Crippen molar-refractivity contribution in [1.82, 2.24) is 16.0 Å². The van der Waals surface area contributed by atoms with Crippen molar-refractivity contribution >= 4 is 17.6 Å². The van der Waals surface area contributed by atoms with Gasteiger partial charge in [-0.05, 0) is 56.5 Å². The zero-order chi connectivity index (χ0) is 17.1. The van der Waals surface area contributed by atoms with Gasteiger partial charge < -0.3 is 21.3 Å². The van der Waals surface area contributed by atoms with E-state index in [1.54, 1.807) is 0 Å². The first-order valence-corrected chi connectivity index (χ1v) is 8.71. The first kappa shape index (κ1) is 16.8. The molecule has 1 aliphatic heterocycles. The summed E-state index contributed by atoms with van der Waals surface area (Å²) in [4.78, 5) is 24.0. The van der Waals surface area contributed by atoms with Crippen molar-refractivity contribution in [2.45, 2.75) is 38.8 Å². The van der Waals surface area contributed by atoms with Gasteiger partial charge >= 0.3 is 6.03 Å². The smallest absolute Gasteiger partial charge is 0.319 e. The van der Waals surface area contributed by atoms with Crippen LogP contribution in [0.2, 0.25) is 0 Å². The second kappa shape index (κ2) is 7.21. The lowest BCUT2D eigenvalue weighted by Gasteiger charge is -2.32. The van der Waals surface area contributed by atoms with E-state index in [-0.39, 0.29) is 23.9 Å². The summed E-state index contributed by atoms with van der Waals surface area (Å²) in [6.07, 6.45) is 2.14. The lowest BCUT2D eigenvalue weighted by Crippen LogP contribution is -2.49. The number of hydrogen-bond acceptors (Lipinski definition) is 3. The minimum atomic E-state index is -0.158. The predicted octanol–water partition coefficient (Wildman–Crippen LogP) is 2.00. The van der Waals surface area contributed by atoms with E-state index in [2.05, 4.69) is 21.3 Å². The van der Waals surface area contributed by atoms with E-state index in [9.17, 15) is 9.59 Å². The third-order valence-electron chi connectivity index (χ3n) is 4.87. The summed E-state index contributed by atoms with van der Waals surface area (Å²) in [5, 5.41) is 12.0. The molecule has 1 heterocycles. The highest BCUT2D eigenvalue weighted by Crippen LogP contribution is 2.21. The molecule has 3 amide bonds. The summed E-state index contributed by atoms with van der Waals surface area (Å²) in [5.74, 6) is 0.564. The SMILES string of the molecule is CC(NC(=O)C(C)C1CNC1)c1ccc(NC(=O)NC2CC2)cc1. The van der Waals surface area contributed by atoms with Crippen molar-refractivity contribution in [3.05, 3.63) is 29.8 Å². The average Bonchev–Trinajstić information content (AvgIpc) is 3.29. The average molecular weight is 330 g/mol. The highest BCUT2D eigenvalue weighted by Gasteiger charge is 2.29. The van der Waals surface area contributed by atoms with Crippen LogP contribution >= 0.6 is 0 Å². The number of amides is 3. The van der Waals surface area contributed by atoms with Crippen LogP contribution in [-0.4, -0.2) is 31.1 Å². The molecule has 1 aliphatic carbocycles. The largest absolute Gasteiger partial charge is 0.349 e. The van der Waals surface area contributed by atoms with Crippen molar-refractivity contribution in [2.24, 2.45) is 11.8 Å². The molecule has 130 valence electrons. The first-order chi connectivity index (χ1) is 11.5. The van der Waals surface area contributed by atoms with Gasteiger partial charge in [-0.2, -0.15) is 0 Å². The zero-order valence-corrected chi connectivity index (χ0v) is 14.3. The molecule has 1 aromatic rings. The third kappa shape index (κ3) is 4.26. The number of benzene rings is 1. The summed E-state index contributed by atoms with van der Waals surface area (Å²) in [7, 11) is 0. The molecule has 2 aliphatic rings. The van der Waals surface area contributed by atoms with E-state index in [4.69, 9.17) is 0 Å². The summed E-state index contributed by atoms with van der Waals surface area (Å²) in [5.41, 5.74) is 1.78. The van der Waals surface area contributed by atoms with Crippen LogP contribution in [0.25, 0.3) is 0 Å². The Hall–Kier alpha value is -2.08. The molecular weight excluding hydrogens is 304 g/mol. The number of urea groups is 1. The second-order valence-corrected chi connectivity index (χ2v) is 6.93. The fraction of sp³-hybridized carbons (Fsp3) is 0.556. The summed E-state index contributed by atoms with van der Waals surface area (Å²) in [6, 6.07) is 7.73. The Morgan fingerprint density at radius 3 is 2.33 bits per heavy atom. The number of carbonyl (C=O) groups is 2. The molecule has 0 spiro atoms. The van der Waals surface area contributed by atoms with Crippen LogP contribution in [0.3, 0.4) is 0 Å². The van der Waals surface area contributed by atoms with Gasteiger partial charge in [-0.15, -0.1) is 0 Å². The molecular formula is C18H26N4O2. The topological polar surface area (TPSA) is 82.3 Å². The first-order valence-electron chi connectivity index (χ1n) is 8.71. The van der Waals surface area contributed by atoms with Crippen LogP contribution in [0.5, 0.6) is 0 Å². The van der Waals surface area contributed by atoms with Crippen LogP contribution in [0.1, 0.15) is 38.3 Å². The van der Waals surface area contributed by atoms with Crippen LogP contribution in [0.4, 0.5) is 10.5 Å². The fourth-order valence-electron chi connectivity index (χ4n) is 2.74. The van der Waals surface area contributed by atoms with Gasteiger partial charge in [-0.1, -0.05) is 19.1 Å². The zero-order valence-electron chi connectivity index (χ0n) is 14.3. The molecule has 0 bridgehead atoms. The molecule has 3 rings (SSSR count). The van der Waals surface area contributed by atoms with Crippen LogP contribution in [0, 0.1) is 11.8 Å². The summed E-state index contributed by atoms with van der Waals surface area (Å²) >= 11 is 0. The van der Waals surface area contributed by atoms with Gasteiger partial charge in [0.25, 0.3) is 0 Å². The number of rotatable bonds is 6. The predicted molar refractivity (Wildman–Crippen MR) is 93.7 cm³/mol. The standard InChI is InChI=1S/C18H26N4O2/c1-11(14-9-19-10-14)17(23)20-12(2)13-3-5-15(6-4-13)21-18(24)22-16-7-8-16/h3-6,11-12,14,16,19H,7-10H2,1-2H3,(H,20,23)(H2,21,22,24). The van der Waals surface area contributed by atoms with E-state index in [1.165, 1.54) is 0 Å². The van der Waals surface area contributed by atoms with Gasteiger partial charge in [0.05, 0.1) is 6.04 Å². The van der Waals surface area contributed by atoms with Gasteiger partial charge in [0.1, 0.15) is 0 Å². The quantitative estimate of drug-likeness (QED) is 0.644. The van der Waals surface area contributed by atoms with Crippen molar-refractivity contribution in [1.29, 1.82) is 0 Å². The van der Waals surface area contributed by atoms with Crippen LogP contribution in [0.15, 0.2) is 24.3 Å². The molecule has 1 aromatic carbocycles. The third-order valence-corrected chi connectivity index (χ3v) is 4.87. The van der Waals surface area contributed by atoms with E-state index in [1.807, 2.05) is 38.1 Å². The summed E-state index contributed by atoms with van der Waals surface area (Å²) < 4.78 is 0. The molecule has 6 heteroatoms. The highest BCUT2D eigenvalue weighted by atomic mass is 16.2. The Balaban J connectivity index is 1.50. The Morgan fingerprint density at radius 2 is 1.79 bits per heavy atom.